The molecule has 25 heavy (non-hydrogen) atoms. The summed E-state index contributed by atoms with van der Waals surface area (Å²) in [6.45, 7) is 1.73. The summed E-state index contributed by atoms with van der Waals surface area (Å²) >= 11 is 6.13. The number of hydrogen-bond acceptors (Lipinski definition) is 3. The van der Waals surface area contributed by atoms with Gasteiger partial charge in [0.1, 0.15) is 5.75 Å². The third kappa shape index (κ3) is 4.73. The van der Waals surface area contributed by atoms with Crippen LogP contribution in [0.4, 0.5) is 11.4 Å². The summed E-state index contributed by atoms with van der Waals surface area (Å²) in [4.78, 5) is 27.5. The molecular formula is C19H21ClN2O3. The van der Waals surface area contributed by atoms with E-state index in [9.17, 15) is 9.59 Å². The van der Waals surface area contributed by atoms with Crippen molar-refractivity contribution >= 4 is 34.8 Å². The number of nitrogens with zero attached hydrogens (tertiary/aromatic N) is 2. The van der Waals surface area contributed by atoms with Gasteiger partial charge in [-0.2, -0.15) is 0 Å². The van der Waals surface area contributed by atoms with Crippen molar-refractivity contribution in [1.29, 1.82) is 0 Å². The van der Waals surface area contributed by atoms with E-state index in [1.807, 2.05) is 30.3 Å². The smallest absolute Gasteiger partial charge is 0.228 e. The van der Waals surface area contributed by atoms with Crippen LogP contribution in [0.25, 0.3) is 0 Å². The number of ether oxygens (including phenoxy) is 1. The summed E-state index contributed by atoms with van der Waals surface area (Å²) in [5.74, 6) is 0.308. The fourth-order valence-electron chi connectivity index (χ4n) is 2.46. The molecule has 6 heteroatoms. The molecule has 0 aliphatic carbocycles. The van der Waals surface area contributed by atoms with E-state index in [0.717, 1.165) is 5.69 Å². The van der Waals surface area contributed by atoms with Gasteiger partial charge in [0.25, 0.3) is 0 Å². The first-order valence-electron chi connectivity index (χ1n) is 7.87. The summed E-state index contributed by atoms with van der Waals surface area (Å²) in [5, 5.41) is 0.416. The van der Waals surface area contributed by atoms with Crippen LogP contribution in [-0.2, 0) is 9.59 Å². The summed E-state index contributed by atoms with van der Waals surface area (Å²) in [7, 11) is 3.25. The van der Waals surface area contributed by atoms with Gasteiger partial charge < -0.3 is 14.5 Å². The molecule has 2 rings (SSSR count). The Kier molecular flexibility index (Phi) is 6.42. The first kappa shape index (κ1) is 18.8. The molecule has 0 aromatic heterocycles. The fourth-order valence-corrected chi connectivity index (χ4v) is 2.71. The average molecular weight is 361 g/mol. The van der Waals surface area contributed by atoms with E-state index in [2.05, 4.69) is 0 Å². The van der Waals surface area contributed by atoms with Crippen LogP contribution in [0.5, 0.6) is 5.75 Å². The van der Waals surface area contributed by atoms with Gasteiger partial charge in [-0.1, -0.05) is 29.8 Å². The van der Waals surface area contributed by atoms with E-state index >= 15 is 0 Å². The molecule has 2 aromatic carbocycles. The van der Waals surface area contributed by atoms with Crippen molar-refractivity contribution in [2.45, 2.75) is 13.3 Å². The zero-order chi connectivity index (χ0) is 18.4. The minimum Gasteiger partial charge on any atom is -0.495 e. The Balaban J connectivity index is 2.08. The molecule has 2 amide bonds. The summed E-state index contributed by atoms with van der Waals surface area (Å²) in [5.41, 5.74) is 1.45. The van der Waals surface area contributed by atoms with Gasteiger partial charge in [0.2, 0.25) is 11.8 Å². The molecule has 2 aromatic rings. The first-order chi connectivity index (χ1) is 11.9. The Morgan fingerprint density at radius 3 is 2.32 bits per heavy atom. The first-order valence-corrected chi connectivity index (χ1v) is 8.25. The fraction of sp³-hybridized carbons (Fsp3) is 0.263. The Labute approximate surface area is 152 Å². The molecule has 0 saturated carbocycles. The third-order valence-corrected chi connectivity index (χ3v) is 4.19. The standard InChI is InChI=1S/C19H21ClN2O3/c1-14(23)22(16-9-10-18(25-3)17(20)13-16)12-11-19(24)21(2)15-7-5-4-6-8-15/h4-10,13H,11-12H2,1-3H3. The van der Waals surface area contributed by atoms with E-state index in [-0.39, 0.29) is 24.8 Å². The van der Waals surface area contributed by atoms with Gasteiger partial charge in [0, 0.05) is 38.3 Å². The van der Waals surface area contributed by atoms with Crippen LogP contribution < -0.4 is 14.5 Å². The highest BCUT2D eigenvalue weighted by Crippen LogP contribution is 2.29. The second-order valence-electron chi connectivity index (χ2n) is 5.53. The molecule has 0 radical (unpaired) electrons. The zero-order valence-electron chi connectivity index (χ0n) is 14.5. The van der Waals surface area contributed by atoms with E-state index in [1.54, 1.807) is 30.1 Å². The molecular weight excluding hydrogens is 340 g/mol. The number of anilines is 2. The van der Waals surface area contributed by atoms with E-state index in [0.29, 0.717) is 16.5 Å². The third-order valence-electron chi connectivity index (χ3n) is 3.89. The van der Waals surface area contributed by atoms with Crippen LogP contribution in [-0.4, -0.2) is 32.5 Å². The Morgan fingerprint density at radius 1 is 1.08 bits per heavy atom. The van der Waals surface area contributed by atoms with Gasteiger partial charge in [0.15, 0.2) is 0 Å². The number of hydrogen-bond donors (Lipinski definition) is 0. The van der Waals surface area contributed by atoms with Gasteiger partial charge >= 0.3 is 0 Å². The zero-order valence-corrected chi connectivity index (χ0v) is 15.3. The van der Waals surface area contributed by atoms with Gasteiger partial charge in [-0.15, -0.1) is 0 Å². The van der Waals surface area contributed by atoms with Gasteiger partial charge in [-0.25, -0.2) is 0 Å². The molecule has 0 fully saturated rings. The SMILES string of the molecule is COc1ccc(N(CCC(=O)N(C)c2ccccc2)C(C)=O)cc1Cl. The Morgan fingerprint density at radius 2 is 1.76 bits per heavy atom. The maximum Gasteiger partial charge on any atom is 0.228 e. The predicted octanol–water partition coefficient (Wildman–Crippen LogP) is 3.75. The van der Waals surface area contributed by atoms with Crippen LogP contribution in [0.15, 0.2) is 48.5 Å². The molecule has 0 aliphatic rings. The Bertz CT molecular complexity index is 750. The summed E-state index contributed by atoms with van der Waals surface area (Å²) < 4.78 is 5.12. The molecule has 0 bridgehead atoms. The number of amides is 2. The van der Waals surface area contributed by atoms with Crippen molar-refractivity contribution in [3.8, 4) is 5.75 Å². The van der Waals surface area contributed by atoms with Crippen molar-refractivity contribution in [2.24, 2.45) is 0 Å². The molecule has 0 N–H and O–H groups in total. The summed E-state index contributed by atoms with van der Waals surface area (Å²) in [6, 6.07) is 14.5. The molecule has 0 atom stereocenters. The van der Waals surface area contributed by atoms with Crippen molar-refractivity contribution in [3.63, 3.8) is 0 Å². The minimum absolute atomic E-state index is 0.0722. The van der Waals surface area contributed by atoms with Crippen LogP contribution in [0, 0.1) is 0 Å². The van der Waals surface area contributed by atoms with Crippen molar-refractivity contribution < 1.29 is 14.3 Å². The van der Waals surface area contributed by atoms with Crippen LogP contribution in [0.1, 0.15) is 13.3 Å². The predicted molar refractivity (Wildman–Crippen MR) is 101 cm³/mol. The van der Waals surface area contributed by atoms with Gasteiger partial charge in [-0.3, -0.25) is 9.59 Å². The molecule has 0 unspecified atom stereocenters. The average Bonchev–Trinajstić information content (AvgIpc) is 2.61. The van der Waals surface area contributed by atoms with Crippen LogP contribution >= 0.6 is 11.6 Å². The second-order valence-corrected chi connectivity index (χ2v) is 5.94. The molecule has 0 aliphatic heterocycles. The molecule has 0 saturated heterocycles. The topological polar surface area (TPSA) is 49.9 Å². The van der Waals surface area contributed by atoms with Crippen LogP contribution in [0.3, 0.4) is 0 Å². The lowest BCUT2D eigenvalue weighted by molar-refractivity contribution is -0.118. The number of para-hydroxylation sites is 1. The highest BCUT2D eigenvalue weighted by Gasteiger charge is 2.17. The summed E-state index contributed by atoms with van der Waals surface area (Å²) in [6.07, 6.45) is 0.203. The minimum atomic E-state index is -0.156. The molecule has 132 valence electrons. The molecule has 0 spiro atoms. The lowest BCUT2D eigenvalue weighted by Crippen LogP contribution is -2.34. The lowest BCUT2D eigenvalue weighted by Gasteiger charge is -2.23. The number of carbonyl (C=O) groups is 2. The second kappa shape index (κ2) is 8.53. The quantitative estimate of drug-likeness (QED) is 0.788. The maximum atomic E-state index is 12.4. The number of carbonyl (C=O) groups excluding carboxylic acids is 2. The van der Waals surface area contributed by atoms with E-state index < -0.39 is 0 Å². The maximum absolute atomic E-state index is 12.4. The largest absolute Gasteiger partial charge is 0.495 e. The van der Waals surface area contributed by atoms with Gasteiger partial charge in [-0.05, 0) is 30.3 Å². The van der Waals surface area contributed by atoms with Crippen LogP contribution in [0.2, 0.25) is 5.02 Å². The van der Waals surface area contributed by atoms with Crippen molar-refractivity contribution in [1.82, 2.24) is 0 Å². The number of benzene rings is 2. The van der Waals surface area contributed by atoms with Crippen molar-refractivity contribution in [2.75, 3.05) is 30.5 Å². The van der Waals surface area contributed by atoms with Crippen molar-refractivity contribution in [3.05, 3.63) is 53.6 Å². The molecule has 5 nitrogen and oxygen atoms in total. The normalized spacial score (nSPS) is 10.2. The highest BCUT2D eigenvalue weighted by atomic mass is 35.5. The monoisotopic (exact) mass is 360 g/mol. The lowest BCUT2D eigenvalue weighted by atomic mass is 10.2. The molecule has 0 heterocycles. The highest BCUT2D eigenvalue weighted by molar-refractivity contribution is 6.32. The number of methoxy groups -OCH3 is 1. The van der Waals surface area contributed by atoms with Gasteiger partial charge in [0.05, 0.1) is 12.1 Å². The number of halogens is 1. The Hall–Kier alpha value is -2.53. The number of rotatable bonds is 6. The van der Waals surface area contributed by atoms with E-state index in [1.165, 1.54) is 18.9 Å². The van der Waals surface area contributed by atoms with E-state index in [4.69, 9.17) is 16.3 Å².